The fourth-order valence-corrected chi connectivity index (χ4v) is 5.37. The number of nitrogens with one attached hydrogen (secondary N) is 1. The van der Waals surface area contributed by atoms with Gasteiger partial charge in [0.25, 0.3) is 5.91 Å². The highest BCUT2D eigenvalue weighted by molar-refractivity contribution is 5.96. The summed E-state index contributed by atoms with van der Waals surface area (Å²) in [6, 6.07) is 6.01. The van der Waals surface area contributed by atoms with Crippen LogP contribution < -0.4 is 19.5 Å². The van der Waals surface area contributed by atoms with Crippen LogP contribution in [0.4, 0.5) is 0 Å². The van der Waals surface area contributed by atoms with Crippen molar-refractivity contribution in [2.75, 3.05) is 27.9 Å². The number of ether oxygens (including phenoxy) is 3. The molecule has 0 aliphatic heterocycles. The number of nitrogens with zero attached hydrogens (tertiary/aromatic N) is 1. The predicted octanol–water partition coefficient (Wildman–Crippen LogP) is 5.44. The monoisotopic (exact) mass is 510 g/mol. The summed E-state index contributed by atoms with van der Waals surface area (Å²) < 4.78 is 22.2. The van der Waals surface area contributed by atoms with Crippen LogP contribution >= 0.6 is 0 Å². The van der Waals surface area contributed by atoms with Crippen LogP contribution in [0.25, 0.3) is 0 Å². The molecule has 0 radical (unpaired) electrons. The molecule has 1 heterocycles. The van der Waals surface area contributed by atoms with Crippen molar-refractivity contribution < 1.29 is 28.2 Å². The van der Waals surface area contributed by atoms with Crippen molar-refractivity contribution in [2.45, 2.75) is 69.9 Å². The lowest BCUT2D eigenvalue weighted by Crippen LogP contribution is -2.46. The normalized spacial score (nSPS) is 16.6. The van der Waals surface area contributed by atoms with Crippen molar-refractivity contribution >= 4 is 11.8 Å². The van der Waals surface area contributed by atoms with E-state index in [0.717, 1.165) is 44.9 Å². The number of furan rings is 1. The Morgan fingerprint density at radius 3 is 2.35 bits per heavy atom. The van der Waals surface area contributed by atoms with Gasteiger partial charge in [0.15, 0.2) is 17.3 Å². The fourth-order valence-electron chi connectivity index (χ4n) is 5.37. The summed E-state index contributed by atoms with van der Waals surface area (Å²) in [6.07, 6.45) is 12.9. The summed E-state index contributed by atoms with van der Waals surface area (Å²) in [5.74, 6) is 0.927. The van der Waals surface area contributed by atoms with Crippen LogP contribution in [0.1, 0.15) is 79.9 Å². The van der Waals surface area contributed by atoms with Gasteiger partial charge >= 0.3 is 0 Å². The molecule has 1 fully saturated rings. The third-order valence-electron chi connectivity index (χ3n) is 7.32. The number of carbonyl (C=O) groups excluding carboxylic acids is 2. The number of rotatable bonds is 11. The van der Waals surface area contributed by atoms with Gasteiger partial charge in [-0.25, -0.2) is 0 Å². The molecule has 1 saturated carbocycles. The molecule has 8 heteroatoms. The number of benzene rings is 1. The van der Waals surface area contributed by atoms with Crippen molar-refractivity contribution in [1.29, 1.82) is 0 Å². The van der Waals surface area contributed by atoms with Crippen molar-refractivity contribution in [1.82, 2.24) is 10.2 Å². The number of hydrogen-bond acceptors (Lipinski definition) is 6. The Morgan fingerprint density at radius 1 is 1.05 bits per heavy atom. The van der Waals surface area contributed by atoms with Crippen LogP contribution in [-0.2, 0) is 4.79 Å². The Hall–Kier alpha value is -3.42. The van der Waals surface area contributed by atoms with Crippen molar-refractivity contribution in [3.05, 3.63) is 53.5 Å². The lowest BCUT2D eigenvalue weighted by atomic mass is 9.96. The molecule has 2 aromatic rings. The lowest BCUT2D eigenvalue weighted by molar-refractivity contribution is -0.126. The summed E-state index contributed by atoms with van der Waals surface area (Å²) >= 11 is 0. The van der Waals surface area contributed by atoms with E-state index in [-0.39, 0.29) is 23.6 Å². The number of allylic oxidation sites excluding steroid dienone is 1. The highest BCUT2D eigenvalue weighted by atomic mass is 16.5. The maximum absolute atomic E-state index is 14.0. The average molecular weight is 511 g/mol. The molecule has 8 nitrogen and oxygen atoms in total. The third-order valence-corrected chi connectivity index (χ3v) is 7.32. The Kier molecular flexibility index (Phi) is 9.14. The smallest absolute Gasteiger partial charge is 0.290 e. The molecule has 200 valence electrons. The van der Waals surface area contributed by atoms with Crippen LogP contribution in [0, 0.1) is 0 Å². The third kappa shape index (κ3) is 6.29. The second kappa shape index (κ2) is 12.7. The molecule has 2 aliphatic carbocycles. The van der Waals surface area contributed by atoms with Gasteiger partial charge in [-0.15, -0.1) is 0 Å². The van der Waals surface area contributed by atoms with E-state index in [0.29, 0.717) is 35.8 Å². The van der Waals surface area contributed by atoms with Crippen LogP contribution in [-0.4, -0.2) is 50.6 Å². The van der Waals surface area contributed by atoms with Crippen molar-refractivity contribution in [2.24, 2.45) is 0 Å². The van der Waals surface area contributed by atoms with Gasteiger partial charge in [-0.2, -0.15) is 0 Å². The van der Waals surface area contributed by atoms with Gasteiger partial charge in [-0.3, -0.25) is 9.59 Å². The highest BCUT2D eigenvalue weighted by Gasteiger charge is 2.36. The van der Waals surface area contributed by atoms with Gasteiger partial charge in [0.05, 0.1) is 27.6 Å². The first-order valence-electron chi connectivity index (χ1n) is 13.2. The van der Waals surface area contributed by atoms with Gasteiger partial charge in [-0.1, -0.05) is 24.5 Å². The van der Waals surface area contributed by atoms with Crippen molar-refractivity contribution in [3.8, 4) is 17.2 Å². The Morgan fingerprint density at radius 2 is 1.78 bits per heavy atom. The van der Waals surface area contributed by atoms with E-state index < -0.39 is 6.04 Å². The summed E-state index contributed by atoms with van der Waals surface area (Å²) in [4.78, 5) is 29.4. The number of amides is 2. The maximum atomic E-state index is 14.0. The van der Waals surface area contributed by atoms with Crippen LogP contribution in [0.2, 0.25) is 0 Å². The second-order valence-corrected chi connectivity index (χ2v) is 9.69. The summed E-state index contributed by atoms with van der Waals surface area (Å²) in [5.41, 5.74) is 1.91. The van der Waals surface area contributed by atoms with Gasteiger partial charge in [0, 0.05) is 12.6 Å². The highest BCUT2D eigenvalue weighted by Crippen LogP contribution is 2.41. The first-order valence-corrected chi connectivity index (χ1v) is 13.2. The molecule has 0 saturated heterocycles. The van der Waals surface area contributed by atoms with E-state index in [2.05, 4.69) is 11.4 Å². The molecule has 1 aromatic heterocycles. The zero-order valence-corrected chi connectivity index (χ0v) is 22.1. The van der Waals surface area contributed by atoms with E-state index in [9.17, 15) is 9.59 Å². The first-order chi connectivity index (χ1) is 18.0. The summed E-state index contributed by atoms with van der Waals surface area (Å²) in [6.45, 7) is 0.380. The van der Waals surface area contributed by atoms with Gasteiger partial charge in [0.2, 0.25) is 11.7 Å². The second-order valence-electron chi connectivity index (χ2n) is 9.69. The van der Waals surface area contributed by atoms with E-state index in [1.165, 1.54) is 39.6 Å². The summed E-state index contributed by atoms with van der Waals surface area (Å²) in [5, 5.41) is 3.21. The number of hydrogen-bond donors (Lipinski definition) is 1. The topological polar surface area (TPSA) is 90.2 Å². The molecular formula is C29H38N2O6. The number of carbonyl (C=O) groups is 2. The first kappa shape index (κ1) is 26.6. The SMILES string of the molecule is COc1cc([C@H](C(=O)NC2CCCC2)N(CCC2=CCCCC2)C(=O)c2ccco2)cc(OC)c1OC. The molecule has 0 spiro atoms. The zero-order valence-electron chi connectivity index (χ0n) is 22.1. The molecule has 1 aromatic carbocycles. The largest absolute Gasteiger partial charge is 0.493 e. The van der Waals surface area contributed by atoms with Gasteiger partial charge in [0.1, 0.15) is 6.04 Å². The van der Waals surface area contributed by atoms with Crippen LogP contribution in [0.5, 0.6) is 17.2 Å². The lowest BCUT2D eigenvalue weighted by Gasteiger charge is -2.32. The number of methoxy groups -OCH3 is 3. The fraction of sp³-hybridized carbons (Fsp3) is 0.517. The summed E-state index contributed by atoms with van der Waals surface area (Å²) in [7, 11) is 4.61. The minimum Gasteiger partial charge on any atom is -0.493 e. The molecule has 1 atom stereocenters. The average Bonchev–Trinajstić information content (AvgIpc) is 3.65. The van der Waals surface area contributed by atoms with Gasteiger partial charge in [-0.05, 0) is 74.8 Å². The van der Waals surface area contributed by atoms with Crippen molar-refractivity contribution in [3.63, 3.8) is 0 Å². The zero-order chi connectivity index (χ0) is 26.2. The van der Waals surface area contributed by atoms with E-state index >= 15 is 0 Å². The molecule has 1 N–H and O–H groups in total. The van der Waals surface area contributed by atoms with E-state index in [4.69, 9.17) is 18.6 Å². The standard InChI is InChI=1S/C29H38N2O6/c1-34-24-18-21(19-25(35-2)27(24)36-3)26(28(32)30-22-12-7-8-13-22)31(29(33)23-14-9-17-37-23)16-15-20-10-5-4-6-11-20/h9-10,14,17-19,22,26H,4-8,11-13,15-16H2,1-3H3,(H,30,32)/t26-/m1/s1. The predicted molar refractivity (Wildman–Crippen MR) is 140 cm³/mol. The molecule has 4 rings (SSSR count). The van der Waals surface area contributed by atoms with Gasteiger partial charge < -0.3 is 28.8 Å². The van der Waals surface area contributed by atoms with Crippen LogP contribution in [0.15, 0.2) is 46.6 Å². The minimum atomic E-state index is -0.906. The molecule has 37 heavy (non-hydrogen) atoms. The molecule has 2 amide bonds. The minimum absolute atomic E-state index is 0.0960. The molecular weight excluding hydrogens is 472 g/mol. The van der Waals surface area contributed by atoms with E-state index in [1.807, 2.05) is 0 Å². The molecule has 2 aliphatic rings. The Labute approximate surface area is 218 Å². The molecule has 0 bridgehead atoms. The van der Waals surface area contributed by atoms with E-state index in [1.54, 1.807) is 29.2 Å². The Balaban J connectivity index is 1.76. The molecule has 0 unspecified atom stereocenters. The van der Waals surface area contributed by atoms with Crippen LogP contribution in [0.3, 0.4) is 0 Å². The Bertz CT molecular complexity index is 1060. The quantitative estimate of drug-likeness (QED) is 0.405. The maximum Gasteiger partial charge on any atom is 0.290 e.